The number of ether oxygens (including phenoxy) is 1. The average molecular weight is 267 g/mol. The number of hydrogen-bond donors (Lipinski definition) is 3. The van der Waals surface area contributed by atoms with Gasteiger partial charge in [-0.25, -0.2) is 0 Å². The Morgan fingerprint density at radius 2 is 2.11 bits per heavy atom. The fourth-order valence-corrected chi connectivity index (χ4v) is 1.51. The quantitative estimate of drug-likeness (QED) is 0.712. The summed E-state index contributed by atoms with van der Waals surface area (Å²) in [6.07, 6.45) is 0.436. The minimum Gasteiger partial charge on any atom is -0.508 e. The molecule has 1 atom stereocenters. The van der Waals surface area contributed by atoms with Crippen LogP contribution >= 0.6 is 0 Å². The van der Waals surface area contributed by atoms with Crippen molar-refractivity contribution in [1.29, 1.82) is 0 Å². The second kappa shape index (κ2) is 6.63. The van der Waals surface area contributed by atoms with Gasteiger partial charge in [0.25, 0.3) is 0 Å². The number of aromatic hydroxyl groups is 1. The average Bonchev–Trinajstić information content (AvgIpc) is 2.36. The molecular weight excluding hydrogens is 250 g/mol. The van der Waals surface area contributed by atoms with Gasteiger partial charge in [-0.2, -0.15) is 0 Å². The summed E-state index contributed by atoms with van der Waals surface area (Å²) in [6.45, 7) is 1.39. The molecule has 0 heterocycles. The molecule has 0 aliphatic carbocycles. The van der Waals surface area contributed by atoms with Gasteiger partial charge in [0, 0.05) is 12.5 Å². The SMILES string of the molecule is COc1ccc(CCC(=O)NC(C)C(=O)O)c(O)c1. The predicted octanol–water partition coefficient (Wildman–Crippen LogP) is 0.923. The van der Waals surface area contributed by atoms with E-state index in [0.29, 0.717) is 17.7 Å². The molecule has 0 aliphatic rings. The maximum absolute atomic E-state index is 11.5. The number of hydrogen-bond acceptors (Lipinski definition) is 4. The Labute approximate surface area is 111 Å². The highest BCUT2D eigenvalue weighted by molar-refractivity contribution is 5.83. The van der Waals surface area contributed by atoms with Crippen LogP contribution in [0.15, 0.2) is 18.2 Å². The fourth-order valence-electron chi connectivity index (χ4n) is 1.51. The van der Waals surface area contributed by atoms with Crippen molar-refractivity contribution in [3.05, 3.63) is 23.8 Å². The Morgan fingerprint density at radius 1 is 1.42 bits per heavy atom. The summed E-state index contributed by atoms with van der Waals surface area (Å²) in [7, 11) is 1.50. The maximum Gasteiger partial charge on any atom is 0.325 e. The number of carbonyl (C=O) groups excluding carboxylic acids is 1. The van der Waals surface area contributed by atoms with E-state index in [2.05, 4.69) is 5.32 Å². The van der Waals surface area contributed by atoms with E-state index >= 15 is 0 Å². The van der Waals surface area contributed by atoms with E-state index in [4.69, 9.17) is 9.84 Å². The molecule has 1 unspecified atom stereocenters. The van der Waals surface area contributed by atoms with Gasteiger partial charge in [0.1, 0.15) is 17.5 Å². The second-order valence-corrected chi connectivity index (χ2v) is 4.12. The molecular formula is C13H17NO5. The highest BCUT2D eigenvalue weighted by Gasteiger charge is 2.14. The molecule has 0 radical (unpaired) electrons. The lowest BCUT2D eigenvalue weighted by atomic mass is 10.1. The van der Waals surface area contributed by atoms with Crippen molar-refractivity contribution in [3.8, 4) is 11.5 Å². The number of aliphatic carboxylic acids is 1. The number of rotatable bonds is 6. The normalized spacial score (nSPS) is 11.7. The van der Waals surface area contributed by atoms with Gasteiger partial charge in [0.05, 0.1) is 7.11 Å². The number of methoxy groups -OCH3 is 1. The number of carboxylic acid groups (broad SMARTS) is 1. The van der Waals surface area contributed by atoms with Crippen LogP contribution in [0.3, 0.4) is 0 Å². The monoisotopic (exact) mass is 267 g/mol. The van der Waals surface area contributed by atoms with E-state index < -0.39 is 12.0 Å². The Hall–Kier alpha value is -2.24. The van der Waals surface area contributed by atoms with Crippen molar-refractivity contribution in [1.82, 2.24) is 5.32 Å². The molecule has 104 valence electrons. The largest absolute Gasteiger partial charge is 0.508 e. The zero-order chi connectivity index (χ0) is 14.4. The van der Waals surface area contributed by atoms with Crippen LogP contribution < -0.4 is 10.1 Å². The summed E-state index contributed by atoms with van der Waals surface area (Å²) in [4.78, 5) is 22.0. The molecule has 0 bridgehead atoms. The summed E-state index contributed by atoms with van der Waals surface area (Å²) >= 11 is 0. The van der Waals surface area contributed by atoms with Crippen molar-refractivity contribution in [2.45, 2.75) is 25.8 Å². The zero-order valence-corrected chi connectivity index (χ0v) is 10.8. The lowest BCUT2D eigenvalue weighted by Gasteiger charge is -2.10. The van der Waals surface area contributed by atoms with E-state index in [0.717, 1.165) is 0 Å². The van der Waals surface area contributed by atoms with Gasteiger partial charge >= 0.3 is 5.97 Å². The van der Waals surface area contributed by atoms with Gasteiger partial charge in [-0.15, -0.1) is 0 Å². The topological polar surface area (TPSA) is 95.9 Å². The second-order valence-electron chi connectivity index (χ2n) is 4.12. The molecule has 1 aromatic carbocycles. The van der Waals surface area contributed by atoms with E-state index in [-0.39, 0.29) is 18.1 Å². The lowest BCUT2D eigenvalue weighted by Crippen LogP contribution is -2.38. The van der Waals surface area contributed by atoms with Crippen molar-refractivity contribution in [2.24, 2.45) is 0 Å². The lowest BCUT2D eigenvalue weighted by molar-refractivity contribution is -0.141. The van der Waals surface area contributed by atoms with E-state index in [1.54, 1.807) is 12.1 Å². The molecule has 0 saturated carbocycles. The van der Waals surface area contributed by atoms with Gasteiger partial charge < -0.3 is 20.3 Å². The minimum absolute atomic E-state index is 0.0541. The molecule has 1 amide bonds. The number of phenolic OH excluding ortho intramolecular Hbond substituents is 1. The number of nitrogens with one attached hydrogen (secondary N) is 1. The Bertz CT molecular complexity index is 472. The molecule has 6 heteroatoms. The van der Waals surface area contributed by atoms with Crippen LogP contribution in [0.2, 0.25) is 0 Å². The molecule has 1 aromatic rings. The molecule has 3 N–H and O–H groups in total. The first-order chi connectivity index (χ1) is 8.93. The van der Waals surface area contributed by atoms with Gasteiger partial charge in [-0.05, 0) is 25.0 Å². The van der Waals surface area contributed by atoms with Crippen LogP contribution in [-0.4, -0.2) is 35.2 Å². The Balaban J connectivity index is 2.53. The van der Waals surface area contributed by atoms with Crippen LogP contribution in [-0.2, 0) is 16.0 Å². The van der Waals surface area contributed by atoms with Gasteiger partial charge in [0.15, 0.2) is 0 Å². The summed E-state index contributed by atoms with van der Waals surface area (Å²) in [5.74, 6) is -0.866. The summed E-state index contributed by atoms with van der Waals surface area (Å²) in [6, 6.07) is 3.90. The molecule has 0 saturated heterocycles. The molecule has 0 spiro atoms. The van der Waals surface area contributed by atoms with Crippen LogP contribution in [0.25, 0.3) is 0 Å². The number of amides is 1. The van der Waals surface area contributed by atoms with Crippen LogP contribution in [0.4, 0.5) is 0 Å². The first kappa shape index (κ1) is 14.8. The molecule has 0 fully saturated rings. The van der Waals surface area contributed by atoms with E-state index in [9.17, 15) is 14.7 Å². The first-order valence-corrected chi connectivity index (χ1v) is 5.82. The highest BCUT2D eigenvalue weighted by Crippen LogP contribution is 2.24. The molecule has 6 nitrogen and oxygen atoms in total. The van der Waals surface area contributed by atoms with Gasteiger partial charge in [0.2, 0.25) is 5.91 Å². The predicted molar refractivity (Wildman–Crippen MR) is 68.2 cm³/mol. The van der Waals surface area contributed by atoms with Gasteiger partial charge in [-0.3, -0.25) is 9.59 Å². The van der Waals surface area contributed by atoms with Crippen molar-refractivity contribution in [3.63, 3.8) is 0 Å². The molecule has 0 aromatic heterocycles. The summed E-state index contributed by atoms with van der Waals surface area (Å²) in [5, 5.41) is 20.7. The molecule has 0 aliphatic heterocycles. The third-order valence-electron chi connectivity index (χ3n) is 2.66. The number of phenols is 1. The number of benzene rings is 1. The smallest absolute Gasteiger partial charge is 0.325 e. The minimum atomic E-state index is -1.08. The number of carboxylic acids is 1. The summed E-state index contributed by atoms with van der Waals surface area (Å²) in [5.41, 5.74) is 0.610. The number of carbonyl (C=O) groups is 2. The Morgan fingerprint density at radius 3 is 2.63 bits per heavy atom. The third-order valence-corrected chi connectivity index (χ3v) is 2.66. The van der Waals surface area contributed by atoms with Crippen molar-refractivity contribution >= 4 is 11.9 Å². The van der Waals surface area contributed by atoms with Crippen LogP contribution in [0, 0.1) is 0 Å². The zero-order valence-electron chi connectivity index (χ0n) is 10.8. The molecule has 1 rings (SSSR count). The van der Waals surface area contributed by atoms with Crippen molar-refractivity contribution < 1.29 is 24.5 Å². The highest BCUT2D eigenvalue weighted by atomic mass is 16.5. The number of aryl methyl sites for hydroxylation is 1. The fraction of sp³-hybridized carbons (Fsp3) is 0.385. The van der Waals surface area contributed by atoms with Gasteiger partial charge in [-0.1, -0.05) is 6.07 Å². The Kier molecular flexibility index (Phi) is 5.17. The van der Waals surface area contributed by atoms with Crippen molar-refractivity contribution in [2.75, 3.05) is 7.11 Å². The standard InChI is InChI=1S/C13H17NO5/c1-8(13(17)18)14-12(16)6-4-9-3-5-10(19-2)7-11(9)15/h3,5,7-8,15H,4,6H2,1-2H3,(H,14,16)(H,17,18). The first-order valence-electron chi connectivity index (χ1n) is 5.82. The maximum atomic E-state index is 11.5. The van der Waals surface area contributed by atoms with Crippen LogP contribution in [0.5, 0.6) is 11.5 Å². The van der Waals surface area contributed by atoms with Crippen LogP contribution in [0.1, 0.15) is 18.9 Å². The third kappa shape index (κ3) is 4.50. The summed E-state index contributed by atoms with van der Waals surface area (Å²) < 4.78 is 4.95. The van der Waals surface area contributed by atoms with E-state index in [1.807, 2.05) is 0 Å². The van der Waals surface area contributed by atoms with E-state index in [1.165, 1.54) is 20.1 Å². The molecule has 19 heavy (non-hydrogen) atoms.